The minimum atomic E-state index is -0.230. The van der Waals surface area contributed by atoms with Crippen LogP contribution in [-0.2, 0) is 6.54 Å². The highest BCUT2D eigenvalue weighted by atomic mass is 35.5. The summed E-state index contributed by atoms with van der Waals surface area (Å²) in [5, 5.41) is 6.44. The normalized spacial score (nSPS) is 10.6. The summed E-state index contributed by atoms with van der Waals surface area (Å²) in [6.45, 7) is 6.13. The first-order valence-electron chi connectivity index (χ1n) is 8.57. The van der Waals surface area contributed by atoms with Gasteiger partial charge in [-0.3, -0.25) is 4.79 Å². The van der Waals surface area contributed by atoms with E-state index in [4.69, 9.17) is 23.2 Å². The fraction of sp³-hybridized carbons (Fsp3) is 0.300. The predicted molar refractivity (Wildman–Crippen MR) is 111 cm³/mol. The number of nitrogens with one attached hydrogen (secondary N) is 2. The zero-order chi connectivity index (χ0) is 20.1. The third kappa shape index (κ3) is 5.37. The molecule has 0 fully saturated rings. The number of amides is 3. The number of anilines is 1. The highest BCUT2D eigenvalue weighted by Gasteiger charge is 2.19. The van der Waals surface area contributed by atoms with Gasteiger partial charge in [-0.2, -0.15) is 0 Å². The summed E-state index contributed by atoms with van der Waals surface area (Å²) in [7, 11) is 1.58. The molecule has 0 atom stereocenters. The van der Waals surface area contributed by atoms with Gasteiger partial charge in [0.2, 0.25) is 0 Å². The van der Waals surface area contributed by atoms with Crippen molar-refractivity contribution in [1.29, 1.82) is 0 Å². The molecule has 0 spiro atoms. The number of halogens is 2. The van der Waals surface area contributed by atoms with Crippen LogP contribution in [0.15, 0.2) is 36.4 Å². The van der Waals surface area contributed by atoms with E-state index in [1.54, 1.807) is 42.3 Å². The molecule has 2 N–H and O–H groups in total. The molecule has 0 saturated carbocycles. The molecule has 2 aromatic rings. The Labute approximate surface area is 169 Å². The lowest BCUT2D eigenvalue weighted by molar-refractivity contribution is 0.0963. The van der Waals surface area contributed by atoms with Gasteiger partial charge in [-0.1, -0.05) is 29.3 Å². The van der Waals surface area contributed by atoms with Gasteiger partial charge in [-0.15, -0.1) is 0 Å². The van der Waals surface area contributed by atoms with Gasteiger partial charge in [0, 0.05) is 30.9 Å². The number of rotatable bonds is 5. The fourth-order valence-electron chi connectivity index (χ4n) is 2.60. The van der Waals surface area contributed by atoms with E-state index in [-0.39, 0.29) is 18.0 Å². The van der Waals surface area contributed by atoms with Crippen molar-refractivity contribution in [1.82, 2.24) is 10.2 Å². The van der Waals surface area contributed by atoms with Crippen LogP contribution in [0.2, 0.25) is 10.0 Å². The number of hydrogen-bond donors (Lipinski definition) is 2. The van der Waals surface area contributed by atoms with E-state index >= 15 is 0 Å². The lowest BCUT2D eigenvalue weighted by Gasteiger charge is -2.27. The van der Waals surface area contributed by atoms with Crippen LogP contribution in [-0.4, -0.2) is 29.9 Å². The van der Waals surface area contributed by atoms with Gasteiger partial charge in [0.25, 0.3) is 5.91 Å². The van der Waals surface area contributed by atoms with Crippen LogP contribution in [0.25, 0.3) is 0 Å². The summed E-state index contributed by atoms with van der Waals surface area (Å²) < 4.78 is 0. The molecule has 144 valence electrons. The van der Waals surface area contributed by atoms with Gasteiger partial charge in [-0.25, -0.2) is 4.79 Å². The van der Waals surface area contributed by atoms with Crippen molar-refractivity contribution in [3.63, 3.8) is 0 Å². The van der Waals surface area contributed by atoms with Crippen LogP contribution >= 0.6 is 23.2 Å². The Bertz CT molecular complexity index is 853. The number of aryl methyl sites for hydroxylation is 1. The maximum atomic E-state index is 12.8. The maximum Gasteiger partial charge on any atom is 0.322 e. The maximum absolute atomic E-state index is 12.8. The molecule has 0 aliphatic carbocycles. The van der Waals surface area contributed by atoms with E-state index < -0.39 is 0 Å². The van der Waals surface area contributed by atoms with Crippen molar-refractivity contribution in [3.8, 4) is 0 Å². The topological polar surface area (TPSA) is 61.4 Å². The van der Waals surface area contributed by atoms with E-state index in [1.807, 2.05) is 26.8 Å². The largest absolute Gasteiger partial charge is 0.355 e. The van der Waals surface area contributed by atoms with Gasteiger partial charge < -0.3 is 15.5 Å². The fourth-order valence-corrected chi connectivity index (χ4v) is 2.92. The summed E-state index contributed by atoms with van der Waals surface area (Å²) in [5.41, 5.74) is 2.90. The van der Waals surface area contributed by atoms with Crippen LogP contribution in [0, 0.1) is 6.92 Å². The summed E-state index contributed by atoms with van der Waals surface area (Å²) in [4.78, 5) is 26.2. The molecule has 7 heteroatoms. The van der Waals surface area contributed by atoms with Crippen LogP contribution in [0.5, 0.6) is 0 Å². The number of nitrogens with zero attached hydrogens (tertiary/aromatic N) is 1. The van der Waals surface area contributed by atoms with Crippen molar-refractivity contribution >= 4 is 40.8 Å². The van der Waals surface area contributed by atoms with Gasteiger partial charge in [0.05, 0.1) is 10.0 Å². The van der Waals surface area contributed by atoms with Crippen LogP contribution in [0.4, 0.5) is 10.5 Å². The van der Waals surface area contributed by atoms with E-state index in [0.717, 1.165) is 11.1 Å². The lowest BCUT2D eigenvalue weighted by Crippen LogP contribution is -2.39. The zero-order valence-electron chi connectivity index (χ0n) is 15.8. The smallest absolute Gasteiger partial charge is 0.322 e. The van der Waals surface area contributed by atoms with E-state index in [0.29, 0.717) is 27.8 Å². The monoisotopic (exact) mass is 407 g/mol. The molecule has 3 amide bonds. The zero-order valence-corrected chi connectivity index (χ0v) is 17.3. The summed E-state index contributed by atoms with van der Waals surface area (Å²) >= 11 is 12.0. The summed E-state index contributed by atoms with van der Waals surface area (Å²) in [6, 6.07) is 10.2. The molecule has 5 nitrogen and oxygen atoms in total. The molecule has 2 aromatic carbocycles. The Balaban J connectivity index is 2.17. The first kappa shape index (κ1) is 21.1. The standard InChI is InChI=1S/C20H23Cl2N3O2/c1-12(2)25(11-14-5-7-16(21)17(22)10-14)20(27)24-18-8-6-15(9-13(18)3)19(26)23-4/h5-10,12H,11H2,1-4H3,(H,23,26)(H,24,27). The van der Waals surface area contributed by atoms with Crippen molar-refractivity contribution in [2.75, 3.05) is 12.4 Å². The van der Waals surface area contributed by atoms with Gasteiger partial charge in [-0.05, 0) is 62.2 Å². The number of urea groups is 1. The highest BCUT2D eigenvalue weighted by Crippen LogP contribution is 2.24. The van der Waals surface area contributed by atoms with E-state index in [9.17, 15) is 9.59 Å². The van der Waals surface area contributed by atoms with Crippen molar-refractivity contribution < 1.29 is 9.59 Å². The Morgan fingerprint density at radius 2 is 1.78 bits per heavy atom. The molecule has 0 radical (unpaired) electrons. The predicted octanol–water partition coefficient (Wildman–Crippen LogP) is 5.10. The van der Waals surface area contributed by atoms with Crippen LogP contribution in [0.1, 0.15) is 35.3 Å². The lowest BCUT2D eigenvalue weighted by atomic mass is 10.1. The molecule has 0 bridgehead atoms. The van der Waals surface area contributed by atoms with Crippen molar-refractivity contribution in [3.05, 3.63) is 63.1 Å². The second-order valence-electron chi connectivity index (χ2n) is 6.51. The SMILES string of the molecule is CNC(=O)c1ccc(NC(=O)N(Cc2ccc(Cl)c(Cl)c2)C(C)C)c(C)c1. The molecule has 27 heavy (non-hydrogen) atoms. The molecular weight excluding hydrogens is 385 g/mol. The third-order valence-corrected chi connectivity index (χ3v) is 4.92. The molecule has 0 aliphatic rings. The Hall–Kier alpha value is -2.24. The molecule has 0 aliphatic heterocycles. The van der Waals surface area contributed by atoms with E-state index in [1.165, 1.54) is 0 Å². The number of carbonyl (C=O) groups excluding carboxylic acids is 2. The first-order chi connectivity index (χ1) is 12.7. The molecule has 0 unspecified atom stereocenters. The number of hydrogen-bond acceptors (Lipinski definition) is 2. The Kier molecular flexibility index (Phi) is 7.11. The summed E-state index contributed by atoms with van der Waals surface area (Å²) in [5.74, 6) is -0.167. The van der Waals surface area contributed by atoms with Gasteiger partial charge in [0.15, 0.2) is 0 Å². The third-order valence-electron chi connectivity index (χ3n) is 4.18. The van der Waals surface area contributed by atoms with E-state index in [2.05, 4.69) is 10.6 Å². The first-order valence-corrected chi connectivity index (χ1v) is 9.32. The summed E-state index contributed by atoms with van der Waals surface area (Å²) in [6.07, 6.45) is 0. The second kappa shape index (κ2) is 9.11. The van der Waals surface area contributed by atoms with Crippen LogP contribution < -0.4 is 10.6 Å². The number of benzene rings is 2. The van der Waals surface area contributed by atoms with Crippen LogP contribution in [0.3, 0.4) is 0 Å². The quantitative estimate of drug-likeness (QED) is 0.723. The van der Waals surface area contributed by atoms with Gasteiger partial charge >= 0.3 is 6.03 Å². The Morgan fingerprint density at radius 1 is 1.07 bits per heavy atom. The molecule has 0 aromatic heterocycles. The molecule has 0 saturated heterocycles. The minimum Gasteiger partial charge on any atom is -0.355 e. The average Bonchev–Trinajstić information content (AvgIpc) is 2.63. The molecule has 2 rings (SSSR count). The molecule has 0 heterocycles. The minimum absolute atomic E-state index is 0.0232. The van der Waals surface area contributed by atoms with Gasteiger partial charge in [0.1, 0.15) is 0 Å². The molecular formula is C20H23Cl2N3O2. The Morgan fingerprint density at radius 3 is 2.33 bits per heavy atom. The number of carbonyl (C=O) groups is 2. The second-order valence-corrected chi connectivity index (χ2v) is 7.32. The average molecular weight is 408 g/mol. The van der Waals surface area contributed by atoms with Crippen molar-refractivity contribution in [2.24, 2.45) is 0 Å². The van der Waals surface area contributed by atoms with Crippen molar-refractivity contribution in [2.45, 2.75) is 33.4 Å². The highest BCUT2D eigenvalue weighted by molar-refractivity contribution is 6.42.